The molecule has 1 aromatic carbocycles. The monoisotopic (exact) mass is 364 g/mol. The van der Waals surface area contributed by atoms with Crippen molar-refractivity contribution in [2.75, 3.05) is 20.8 Å². The van der Waals surface area contributed by atoms with Crippen LogP contribution >= 0.6 is 11.3 Å². The molecular formula is C17H20N2O5S. The van der Waals surface area contributed by atoms with Crippen LogP contribution < -0.4 is 9.47 Å². The Balaban J connectivity index is 2.40. The first-order valence-electron chi connectivity index (χ1n) is 7.66. The van der Waals surface area contributed by atoms with Crippen LogP contribution in [0.25, 0.3) is 0 Å². The maximum atomic E-state index is 12.8. The largest absolute Gasteiger partial charge is 0.493 e. The van der Waals surface area contributed by atoms with Gasteiger partial charge in [0.2, 0.25) is 0 Å². The van der Waals surface area contributed by atoms with Crippen molar-refractivity contribution in [3.05, 3.63) is 49.7 Å². The van der Waals surface area contributed by atoms with Crippen molar-refractivity contribution in [1.82, 2.24) is 4.90 Å². The summed E-state index contributed by atoms with van der Waals surface area (Å²) in [7, 11) is 3.02. The number of amides is 1. The van der Waals surface area contributed by atoms with E-state index in [1.807, 2.05) is 18.4 Å². The van der Waals surface area contributed by atoms with E-state index in [1.165, 1.54) is 24.1 Å². The number of rotatable bonds is 7. The van der Waals surface area contributed by atoms with Gasteiger partial charge in [-0.3, -0.25) is 14.9 Å². The molecule has 0 atom stereocenters. The van der Waals surface area contributed by atoms with Crippen LogP contribution in [0.3, 0.4) is 0 Å². The Morgan fingerprint density at radius 2 is 2.08 bits per heavy atom. The second kappa shape index (κ2) is 7.98. The van der Waals surface area contributed by atoms with Gasteiger partial charge in [0.05, 0.1) is 31.3 Å². The maximum absolute atomic E-state index is 12.8. The molecule has 1 aromatic heterocycles. The zero-order valence-corrected chi connectivity index (χ0v) is 15.4. The number of methoxy groups -OCH3 is 1. The Labute approximate surface area is 149 Å². The smallest absolute Gasteiger partial charge is 0.286 e. The van der Waals surface area contributed by atoms with Crippen molar-refractivity contribution in [2.45, 2.75) is 20.4 Å². The third-order valence-corrected chi connectivity index (χ3v) is 4.71. The van der Waals surface area contributed by atoms with Crippen molar-refractivity contribution in [2.24, 2.45) is 0 Å². The lowest BCUT2D eigenvalue weighted by atomic mass is 10.1. The molecule has 8 heteroatoms. The van der Waals surface area contributed by atoms with Gasteiger partial charge in [-0.1, -0.05) is 0 Å². The summed E-state index contributed by atoms with van der Waals surface area (Å²) in [5, 5.41) is 13.3. The van der Waals surface area contributed by atoms with E-state index in [2.05, 4.69) is 0 Å². The molecule has 0 radical (unpaired) electrons. The Morgan fingerprint density at radius 3 is 2.60 bits per heavy atom. The van der Waals surface area contributed by atoms with Gasteiger partial charge in [0.25, 0.3) is 11.6 Å². The molecule has 0 saturated carbocycles. The van der Waals surface area contributed by atoms with Crippen molar-refractivity contribution in [3.63, 3.8) is 0 Å². The van der Waals surface area contributed by atoms with Crippen molar-refractivity contribution >= 4 is 22.9 Å². The molecule has 0 aliphatic heterocycles. The number of nitro benzene ring substituents is 1. The molecule has 0 spiro atoms. The van der Waals surface area contributed by atoms with E-state index in [1.54, 1.807) is 25.3 Å². The van der Waals surface area contributed by atoms with Crippen LogP contribution in [0, 0.1) is 17.0 Å². The third-order valence-electron chi connectivity index (χ3n) is 3.70. The summed E-state index contributed by atoms with van der Waals surface area (Å²) in [6, 6.07) is 4.57. The minimum absolute atomic E-state index is 0.0223. The molecular weight excluding hydrogens is 344 g/mol. The first-order chi connectivity index (χ1) is 11.9. The predicted molar refractivity (Wildman–Crippen MR) is 95.7 cm³/mol. The number of nitro groups is 1. The molecule has 1 amide bonds. The first kappa shape index (κ1) is 18.7. The molecule has 1 heterocycles. The highest BCUT2D eigenvalue weighted by molar-refractivity contribution is 7.10. The lowest BCUT2D eigenvalue weighted by molar-refractivity contribution is -0.385. The summed E-state index contributed by atoms with van der Waals surface area (Å²) in [5.41, 5.74) is 0.759. The van der Waals surface area contributed by atoms with Crippen LogP contribution in [0.15, 0.2) is 23.6 Å². The van der Waals surface area contributed by atoms with Crippen LogP contribution in [0.1, 0.15) is 27.7 Å². The highest BCUT2D eigenvalue weighted by Gasteiger charge is 2.27. The molecule has 134 valence electrons. The fourth-order valence-electron chi connectivity index (χ4n) is 2.36. The fraction of sp³-hybridized carbons (Fsp3) is 0.353. The molecule has 0 aliphatic rings. The van der Waals surface area contributed by atoms with E-state index >= 15 is 0 Å². The fourth-order valence-corrected chi connectivity index (χ4v) is 3.32. The Bertz CT molecular complexity index is 787. The molecule has 0 fully saturated rings. The molecule has 2 aromatic rings. The number of hydrogen-bond acceptors (Lipinski definition) is 6. The van der Waals surface area contributed by atoms with Crippen molar-refractivity contribution in [1.29, 1.82) is 0 Å². The lowest BCUT2D eigenvalue weighted by Crippen LogP contribution is -2.27. The SMILES string of the molecule is CCOc1cc(C(=O)N(C)Cc2sccc2C)c([N+](=O)[O-])cc1OC. The highest BCUT2D eigenvalue weighted by atomic mass is 32.1. The summed E-state index contributed by atoms with van der Waals surface area (Å²) < 4.78 is 10.6. The normalized spacial score (nSPS) is 10.4. The quantitative estimate of drug-likeness (QED) is 0.553. The van der Waals surface area contributed by atoms with E-state index < -0.39 is 10.8 Å². The number of thiophene rings is 1. The van der Waals surface area contributed by atoms with Crippen molar-refractivity contribution < 1.29 is 19.2 Å². The third kappa shape index (κ3) is 4.08. The summed E-state index contributed by atoms with van der Waals surface area (Å²) in [6.07, 6.45) is 0. The van der Waals surface area contributed by atoms with Crippen LogP contribution in [0.5, 0.6) is 11.5 Å². The van der Waals surface area contributed by atoms with Gasteiger partial charge in [0.15, 0.2) is 11.5 Å². The van der Waals surface area contributed by atoms with Crippen LogP contribution in [0.2, 0.25) is 0 Å². The number of carbonyl (C=O) groups excluding carboxylic acids is 1. The van der Waals surface area contributed by atoms with E-state index in [0.717, 1.165) is 10.4 Å². The van der Waals surface area contributed by atoms with Gasteiger partial charge in [-0.15, -0.1) is 11.3 Å². The number of benzene rings is 1. The average molecular weight is 364 g/mol. The summed E-state index contributed by atoms with van der Waals surface area (Å²) in [6.45, 7) is 4.49. The van der Waals surface area contributed by atoms with Gasteiger partial charge in [-0.05, 0) is 30.9 Å². The number of ether oxygens (including phenoxy) is 2. The molecule has 0 N–H and O–H groups in total. The minimum Gasteiger partial charge on any atom is -0.493 e. The lowest BCUT2D eigenvalue weighted by Gasteiger charge is -2.18. The van der Waals surface area contributed by atoms with E-state index in [0.29, 0.717) is 18.9 Å². The zero-order chi connectivity index (χ0) is 18.6. The number of aryl methyl sites for hydroxylation is 1. The average Bonchev–Trinajstić information content (AvgIpc) is 2.98. The maximum Gasteiger partial charge on any atom is 0.286 e. The van der Waals surface area contributed by atoms with E-state index in [9.17, 15) is 14.9 Å². The highest BCUT2D eigenvalue weighted by Crippen LogP contribution is 2.35. The van der Waals surface area contributed by atoms with Gasteiger partial charge >= 0.3 is 0 Å². The Hall–Kier alpha value is -2.61. The topological polar surface area (TPSA) is 81.9 Å². The van der Waals surface area contributed by atoms with Crippen molar-refractivity contribution in [3.8, 4) is 11.5 Å². The number of carbonyl (C=O) groups is 1. The predicted octanol–water partition coefficient (Wildman–Crippen LogP) is 3.64. The molecule has 0 saturated heterocycles. The summed E-state index contributed by atoms with van der Waals surface area (Å²) in [4.78, 5) is 26.1. The van der Waals surface area contributed by atoms with Gasteiger partial charge in [-0.2, -0.15) is 0 Å². The van der Waals surface area contributed by atoms with Gasteiger partial charge < -0.3 is 14.4 Å². The first-order valence-corrected chi connectivity index (χ1v) is 8.54. The van der Waals surface area contributed by atoms with Gasteiger partial charge in [0, 0.05) is 18.0 Å². The Kier molecular flexibility index (Phi) is 5.97. The zero-order valence-electron chi connectivity index (χ0n) is 14.6. The Morgan fingerprint density at radius 1 is 1.36 bits per heavy atom. The molecule has 25 heavy (non-hydrogen) atoms. The molecule has 0 unspecified atom stereocenters. The summed E-state index contributed by atoms with van der Waals surface area (Å²) >= 11 is 1.55. The van der Waals surface area contributed by atoms with Crippen LogP contribution in [-0.4, -0.2) is 36.5 Å². The minimum atomic E-state index is -0.588. The standard InChI is InChI=1S/C17H20N2O5S/c1-5-24-15-8-12(13(19(21)22)9-14(15)23-4)17(20)18(3)10-16-11(2)6-7-25-16/h6-9H,5,10H2,1-4H3. The van der Waals surface area contributed by atoms with Gasteiger partial charge in [0.1, 0.15) is 5.56 Å². The summed E-state index contributed by atoms with van der Waals surface area (Å²) in [5.74, 6) is 0.0876. The van der Waals surface area contributed by atoms with Gasteiger partial charge in [-0.25, -0.2) is 0 Å². The molecule has 2 rings (SSSR count). The second-order valence-electron chi connectivity index (χ2n) is 5.40. The van der Waals surface area contributed by atoms with E-state index in [4.69, 9.17) is 9.47 Å². The molecule has 0 aliphatic carbocycles. The molecule has 7 nitrogen and oxygen atoms in total. The van der Waals surface area contributed by atoms with E-state index in [-0.39, 0.29) is 17.0 Å². The van der Waals surface area contributed by atoms with Crippen LogP contribution in [-0.2, 0) is 6.54 Å². The number of nitrogens with zero attached hydrogens (tertiary/aromatic N) is 2. The number of hydrogen-bond donors (Lipinski definition) is 0. The van der Waals surface area contributed by atoms with Crippen LogP contribution in [0.4, 0.5) is 5.69 Å². The molecule has 0 bridgehead atoms. The second-order valence-corrected chi connectivity index (χ2v) is 6.40.